The molecule has 19 heavy (non-hydrogen) atoms. The van der Waals surface area contributed by atoms with Crippen molar-refractivity contribution < 1.29 is 0 Å². The van der Waals surface area contributed by atoms with Crippen molar-refractivity contribution in [3.63, 3.8) is 0 Å². The fraction of sp³-hybridized carbons (Fsp3) is 0.615. The highest BCUT2D eigenvalue weighted by Gasteiger charge is 2.27. The number of hydrogen-bond acceptors (Lipinski definition) is 5. The molecule has 0 spiro atoms. The third-order valence-corrected chi connectivity index (χ3v) is 4.32. The molecule has 6 heteroatoms. The van der Waals surface area contributed by atoms with E-state index in [1.807, 2.05) is 18.7 Å². The van der Waals surface area contributed by atoms with Crippen LogP contribution in [0.1, 0.15) is 38.4 Å². The number of nitrogens with zero attached hydrogens (tertiary/aromatic N) is 5. The predicted octanol–water partition coefficient (Wildman–Crippen LogP) is 2.53. The fourth-order valence-corrected chi connectivity index (χ4v) is 3.40. The summed E-state index contributed by atoms with van der Waals surface area (Å²) in [4.78, 5) is 11.2. The molecular formula is C13H19N5S. The zero-order chi connectivity index (χ0) is 13.2. The third kappa shape index (κ3) is 2.63. The van der Waals surface area contributed by atoms with Gasteiger partial charge < -0.3 is 9.47 Å². The molecule has 0 radical (unpaired) electrons. The van der Waals surface area contributed by atoms with Crippen LogP contribution in [0.25, 0.3) is 0 Å². The second kappa shape index (κ2) is 5.28. The molecule has 102 valence electrons. The Kier molecular flexibility index (Phi) is 3.50. The van der Waals surface area contributed by atoms with Gasteiger partial charge in [-0.2, -0.15) is 4.37 Å². The molecule has 0 bridgehead atoms. The first-order chi connectivity index (χ1) is 9.24. The molecule has 3 heterocycles. The Hall–Kier alpha value is -1.43. The van der Waals surface area contributed by atoms with E-state index < -0.39 is 0 Å². The van der Waals surface area contributed by atoms with Crippen LogP contribution < -0.4 is 4.90 Å². The van der Waals surface area contributed by atoms with Gasteiger partial charge in [-0.15, -0.1) is 0 Å². The van der Waals surface area contributed by atoms with Crippen LogP contribution in [0, 0.1) is 0 Å². The van der Waals surface area contributed by atoms with Crippen molar-refractivity contribution in [3.8, 4) is 0 Å². The van der Waals surface area contributed by atoms with Crippen molar-refractivity contribution in [2.75, 3.05) is 11.4 Å². The molecule has 1 atom stereocenters. The SMILES string of the molecule is CC(C)c1nsc(N2CCCC2Cn2ccnc2)n1. The molecule has 1 fully saturated rings. The molecule has 5 nitrogen and oxygen atoms in total. The van der Waals surface area contributed by atoms with Gasteiger partial charge in [-0.25, -0.2) is 9.97 Å². The summed E-state index contributed by atoms with van der Waals surface area (Å²) < 4.78 is 6.61. The van der Waals surface area contributed by atoms with Gasteiger partial charge in [0.1, 0.15) is 5.82 Å². The second-order valence-corrected chi connectivity index (χ2v) is 6.07. The summed E-state index contributed by atoms with van der Waals surface area (Å²) >= 11 is 1.53. The van der Waals surface area contributed by atoms with E-state index in [0.717, 1.165) is 24.0 Å². The van der Waals surface area contributed by atoms with Crippen LogP contribution in [-0.2, 0) is 6.54 Å². The largest absolute Gasteiger partial charge is 0.342 e. The van der Waals surface area contributed by atoms with Crippen molar-refractivity contribution >= 4 is 16.7 Å². The van der Waals surface area contributed by atoms with E-state index in [-0.39, 0.29) is 0 Å². The van der Waals surface area contributed by atoms with Crippen LogP contribution in [0.3, 0.4) is 0 Å². The summed E-state index contributed by atoms with van der Waals surface area (Å²) in [6.07, 6.45) is 8.19. The number of hydrogen-bond donors (Lipinski definition) is 0. The van der Waals surface area contributed by atoms with Crippen LogP contribution in [0.15, 0.2) is 18.7 Å². The zero-order valence-corrected chi connectivity index (χ0v) is 12.2. The minimum Gasteiger partial charge on any atom is -0.342 e. The lowest BCUT2D eigenvalue weighted by atomic mass is 10.2. The summed E-state index contributed by atoms with van der Waals surface area (Å²) in [5.74, 6) is 1.37. The molecule has 0 amide bonds. The van der Waals surface area contributed by atoms with Crippen molar-refractivity contribution in [2.45, 2.75) is 45.2 Å². The maximum atomic E-state index is 4.68. The summed E-state index contributed by atoms with van der Waals surface area (Å²) in [5.41, 5.74) is 0. The van der Waals surface area contributed by atoms with Crippen LogP contribution in [0.4, 0.5) is 5.13 Å². The smallest absolute Gasteiger partial charge is 0.205 e. The number of aromatic nitrogens is 4. The summed E-state index contributed by atoms with van der Waals surface area (Å²) in [6.45, 7) is 6.35. The Morgan fingerprint density at radius 2 is 2.37 bits per heavy atom. The van der Waals surface area contributed by atoms with Gasteiger partial charge in [-0.05, 0) is 12.8 Å². The van der Waals surface area contributed by atoms with Gasteiger partial charge >= 0.3 is 0 Å². The van der Waals surface area contributed by atoms with Gasteiger partial charge in [-0.1, -0.05) is 13.8 Å². The van der Waals surface area contributed by atoms with Crippen LogP contribution >= 0.6 is 11.5 Å². The second-order valence-electron chi connectivity index (χ2n) is 5.34. The monoisotopic (exact) mass is 277 g/mol. The first-order valence-electron chi connectivity index (χ1n) is 6.80. The summed E-state index contributed by atoms with van der Waals surface area (Å²) in [6, 6.07) is 0.516. The van der Waals surface area contributed by atoms with Crippen LogP contribution in [0.2, 0.25) is 0 Å². The van der Waals surface area contributed by atoms with Gasteiger partial charge in [0.25, 0.3) is 0 Å². The Balaban J connectivity index is 1.74. The minimum absolute atomic E-state index is 0.403. The van der Waals surface area contributed by atoms with Gasteiger partial charge in [0.15, 0.2) is 0 Å². The summed E-state index contributed by atoms with van der Waals surface area (Å²) in [5, 5.41) is 1.08. The summed E-state index contributed by atoms with van der Waals surface area (Å²) in [7, 11) is 0. The Morgan fingerprint density at radius 3 is 3.05 bits per heavy atom. The van der Waals surface area contributed by atoms with Crippen LogP contribution in [-0.4, -0.2) is 31.5 Å². The topological polar surface area (TPSA) is 46.8 Å². The first kappa shape index (κ1) is 12.6. The Morgan fingerprint density at radius 1 is 1.47 bits per heavy atom. The van der Waals surface area contributed by atoms with Crippen molar-refractivity contribution in [1.82, 2.24) is 18.9 Å². The molecule has 1 unspecified atom stereocenters. The molecule has 0 N–H and O–H groups in total. The third-order valence-electron chi connectivity index (χ3n) is 3.55. The van der Waals surface area contributed by atoms with E-state index in [1.165, 1.54) is 24.4 Å². The average molecular weight is 277 g/mol. The molecule has 1 aliphatic rings. The molecule has 0 aromatic carbocycles. The Labute approximate surface area is 117 Å². The standard InChI is InChI=1S/C13H19N5S/c1-10(2)12-15-13(19-16-12)18-6-3-4-11(18)8-17-7-5-14-9-17/h5,7,9-11H,3-4,6,8H2,1-2H3. The fourth-order valence-electron chi connectivity index (χ4n) is 2.49. The molecule has 1 saturated heterocycles. The molecule has 2 aromatic rings. The van der Waals surface area contributed by atoms with Gasteiger partial charge in [0.05, 0.1) is 6.33 Å². The lowest BCUT2D eigenvalue weighted by Gasteiger charge is -2.23. The van der Waals surface area contributed by atoms with Crippen molar-refractivity contribution in [1.29, 1.82) is 0 Å². The van der Waals surface area contributed by atoms with Gasteiger partial charge in [0.2, 0.25) is 5.13 Å². The predicted molar refractivity (Wildman–Crippen MR) is 76.6 cm³/mol. The van der Waals surface area contributed by atoms with E-state index in [2.05, 4.69) is 37.7 Å². The molecule has 2 aromatic heterocycles. The highest BCUT2D eigenvalue weighted by molar-refractivity contribution is 7.09. The van der Waals surface area contributed by atoms with E-state index in [0.29, 0.717) is 12.0 Å². The number of imidazole rings is 1. The quantitative estimate of drug-likeness (QED) is 0.861. The Bertz CT molecular complexity index is 519. The van der Waals surface area contributed by atoms with E-state index in [9.17, 15) is 0 Å². The molecule has 0 saturated carbocycles. The zero-order valence-electron chi connectivity index (χ0n) is 11.4. The first-order valence-corrected chi connectivity index (χ1v) is 7.57. The highest BCUT2D eigenvalue weighted by atomic mass is 32.1. The van der Waals surface area contributed by atoms with Gasteiger partial charge in [-0.3, -0.25) is 0 Å². The highest BCUT2D eigenvalue weighted by Crippen LogP contribution is 2.29. The van der Waals surface area contributed by atoms with Gasteiger partial charge in [0, 0.05) is 49.0 Å². The molecule has 1 aliphatic heterocycles. The number of anilines is 1. The van der Waals surface area contributed by atoms with E-state index >= 15 is 0 Å². The number of rotatable bonds is 4. The van der Waals surface area contributed by atoms with E-state index in [1.54, 1.807) is 0 Å². The minimum atomic E-state index is 0.403. The lowest BCUT2D eigenvalue weighted by Crippen LogP contribution is -2.32. The average Bonchev–Trinajstić information content (AvgIpc) is 3.09. The lowest BCUT2D eigenvalue weighted by molar-refractivity contribution is 0.549. The molecular weight excluding hydrogens is 258 g/mol. The van der Waals surface area contributed by atoms with Crippen molar-refractivity contribution in [3.05, 3.63) is 24.5 Å². The molecule has 0 aliphatic carbocycles. The maximum absolute atomic E-state index is 4.68. The van der Waals surface area contributed by atoms with Crippen molar-refractivity contribution in [2.24, 2.45) is 0 Å². The molecule has 3 rings (SSSR count). The maximum Gasteiger partial charge on any atom is 0.205 e. The normalized spacial score (nSPS) is 19.5. The van der Waals surface area contributed by atoms with Crippen LogP contribution in [0.5, 0.6) is 0 Å². The van der Waals surface area contributed by atoms with E-state index in [4.69, 9.17) is 0 Å².